The molecule has 0 amide bonds. The Morgan fingerprint density at radius 1 is 1.00 bits per heavy atom. The summed E-state index contributed by atoms with van der Waals surface area (Å²) in [4.78, 5) is 2.97. The highest BCUT2D eigenvalue weighted by atomic mass is 32.2. The lowest BCUT2D eigenvalue weighted by molar-refractivity contribution is 0.131. The highest BCUT2D eigenvalue weighted by Crippen LogP contribution is 2.35. The van der Waals surface area contributed by atoms with Gasteiger partial charge in [0.2, 0.25) is 0 Å². The minimum Gasteiger partial charge on any atom is -0.293 e. The molecule has 4 nitrogen and oxygen atoms in total. The van der Waals surface area contributed by atoms with Crippen LogP contribution in [-0.2, 0) is 22.9 Å². The Hall–Kier alpha value is -2.89. The van der Waals surface area contributed by atoms with Crippen LogP contribution in [0.4, 0.5) is 0 Å². The third-order valence-electron chi connectivity index (χ3n) is 7.54. The third kappa shape index (κ3) is 4.43. The van der Waals surface area contributed by atoms with Crippen LogP contribution in [-0.4, -0.2) is 29.9 Å². The molecule has 5 heteroatoms. The summed E-state index contributed by atoms with van der Waals surface area (Å²) in [5.74, 6) is 0. The van der Waals surface area contributed by atoms with Crippen molar-refractivity contribution in [2.24, 2.45) is 0 Å². The van der Waals surface area contributed by atoms with E-state index in [0.29, 0.717) is 17.0 Å². The van der Waals surface area contributed by atoms with E-state index >= 15 is 0 Å². The normalized spacial score (nSPS) is 17.0. The van der Waals surface area contributed by atoms with E-state index < -0.39 is 10.0 Å². The maximum atomic E-state index is 13.4. The van der Waals surface area contributed by atoms with Gasteiger partial charge in [-0.05, 0) is 87.0 Å². The number of rotatable bonds is 7. The van der Waals surface area contributed by atoms with Crippen molar-refractivity contribution >= 4 is 20.9 Å². The number of hydrogen-bond acceptors (Lipinski definition) is 3. The lowest BCUT2D eigenvalue weighted by Crippen LogP contribution is -2.41. The summed E-state index contributed by atoms with van der Waals surface area (Å²) in [5.41, 5.74) is 5.81. The van der Waals surface area contributed by atoms with Crippen molar-refractivity contribution in [3.63, 3.8) is 0 Å². The molecular formula is C30H34N2O2S. The first-order valence-corrected chi connectivity index (χ1v) is 14.1. The van der Waals surface area contributed by atoms with Gasteiger partial charge in [-0.25, -0.2) is 12.4 Å². The molecule has 0 unspecified atom stereocenters. The number of aryl methyl sites for hydroxylation is 2. The van der Waals surface area contributed by atoms with E-state index in [0.717, 1.165) is 48.7 Å². The van der Waals surface area contributed by atoms with Crippen LogP contribution < -0.4 is 0 Å². The second-order valence-corrected chi connectivity index (χ2v) is 11.6. The molecule has 1 aliphatic carbocycles. The molecule has 1 aromatic heterocycles. The molecule has 2 atom stereocenters. The van der Waals surface area contributed by atoms with E-state index in [1.807, 2.05) is 31.2 Å². The first-order chi connectivity index (χ1) is 16.9. The molecule has 0 fully saturated rings. The molecule has 35 heavy (non-hydrogen) atoms. The van der Waals surface area contributed by atoms with E-state index in [2.05, 4.69) is 55.1 Å². The number of hydrogen-bond donors (Lipinski definition) is 0. The van der Waals surface area contributed by atoms with Crippen LogP contribution in [0.1, 0.15) is 55.0 Å². The Labute approximate surface area is 209 Å². The van der Waals surface area contributed by atoms with Gasteiger partial charge in [-0.1, -0.05) is 61.0 Å². The maximum Gasteiger partial charge on any atom is 0.268 e. The molecule has 182 valence electrons. The Balaban J connectivity index is 1.50. The number of aromatic nitrogens is 1. The predicted molar refractivity (Wildman–Crippen MR) is 143 cm³/mol. The molecule has 0 aliphatic heterocycles. The summed E-state index contributed by atoms with van der Waals surface area (Å²) in [6, 6.07) is 24.7. The topological polar surface area (TPSA) is 42.3 Å². The zero-order valence-electron chi connectivity index (χ0n) is 20.8. The Morgan fingerprint density at radius 3 is 2.46 bits per heavy atom. The summed E-state index contributed by atoms with van der Waals surface area (Å²) in [6.07, 6.45) is 5.92. The van der Waals surface area contributed by atoms with Gasteiger partial charge >= 0.3 is 0 Å². The van der Waals surface area contributed by atoms with Crippen molar-refractivity contribution < 1.29 is 8.42 Å². The molecule has 0 radical (unpaired) electrons. The van der Waals surface area contributed by atoms with Crippen molar-refractivity contribution in [1.82, 2.24) is 8.87 Å². The van der Waals surface area contributed by atoms with Crippen LogP contribution in [0.15, 0.2) is 83.9 Å². The molecule has 0 N–H and O–H groups in total. The number of benzene rings is 3. The maximum absolute atomic E-state index is 13.4. The third-order valence-corrected chi connectivity index (χ3v) is 9.24. The summed E-state index contributed by atoms with van der Waals surface area (Å²) in [7, 11) is -3.65. The Kier molecular flexibility index (Phi) is 6.56. The largest absolute Gasteiger partial charge is 0.293 e. The fourth-order valence-electron chi connectivity index (χ4n) is 5.62. The van der Waals surface area contributed by atoms with Crippen LogP contribution in [0.3, 0.4) is 0 Å². The van der Waals surface area contributed by atoms with Crippen molar-refractivity contribution in [3.8, 4) is 0 Å². The molecule has 0 bridgehead atoms. The van der Waals surface area contributed by atoms with Gasteiger partial charge in [0.25, 0.3) is 10.0 Å². The molecule has 4 aromatic rings. The molecule has 0 spiro atoms. The monoisotopic (exact) mass is 486 g/mol. The van der Waals surface area contributed by atoms with E-state index in [1.165, 1.54) is 20.7 Å². The number of fused-ring (bicyclic) bond motifs is 3. The van der Waals surface area contributed by atoms with Crippen LogP contribution in [0.5, 0.6) is 0 Å². The Morgan fingerprint density at radius 2 is 1.74 bits per heavy atom. The van der Waals surface area contributed by atoms with Gasteiger partial charge in [0.15, 0.2) is 0 Å². The summed E-state index contributed by atoms with van der Waals surface area (Å²) >= 11 is 0. The summed E-state index contributed by atoms with van der Waals surface area (Å²) in [6.45, 7) is 7.57. The van der Waals surface area contributed by atoms with E-state index in [9.17, 15) is 8.42 Å². The van der Waals surface area contributed by atoms with E-state index in [1.54, 1.807) is 18.3 Å². The minimum atomic E-state index is -3.65. The highest BCUT2D eigenvalue weighted by Gasteiger charge is 2.30. The van der Waals surface area contributed by atoms with Gasteiger partial charge in [-0.3, -0.25) is 4.90 Å². The lowest BCUT2D eigenvalue weighted by Gasteiger charge is -2.39. The van der Waals surface area contributed by atoms with Crippen molar-refractivity contribution in [1.29, 1.82) is 0 Å². The van der Waals surface area contributed by atoms with Gasteiger partial charge in [0.05, 0.1) is 10.4 Å². The molecule has 3 aromatic carbocycles. The first kappa shape index (κ1) is 23.8. The fourth-order valence-corrected chi connectivity index (χ4v) is 6.97. The number of nitrogens with zero attached hydrogens (tertiary/aromatic N) is 2. The van der Waals surface area contributed by atoms with Crippen LogP contribution >= 0.6 is 0 Å². The average molecular weight is 487 g/mol. The van der Waals surface area contributed by atoms with E-state index in [-0.39, 0.29) is 0 Å². The quantitative estimate of drug-likeness (QED) is 0.299. The van der Waals surface area contributed by atoms with Crippen LogP contribution in [0.2, 0.25) is 0 Å². The Bertz CT molecular complexity index is 1420. The second kappa shape index (κ2) is 9.63. The van der Waals surface area contributed by atoms with Crippen molar-refractivity contribution in [3.05, 3.63) is 101 Å². The lowest BCUT2D eigenvalue weighted by atomic mass is 9.84. The fraction of sp³-hybridized carbons (Fsp3) is 0.333. The summed E-state index contributed by atoms with van der Waals surface area (Å²) < 4.78 is 28.3. The molecule has 5 rings (SSSR count). The van der Waals surface area contributed by atoms with Gasteiger partial charge in [0.1, 0.15) is 0 Å². The van der Waals surface area contributed by atoms with Crippen molar-refractivity contribution in [2.45, 2.75) is 63.4 Å². The van der Waals surface area contributed by atoms with E-state index in [4.69, 9.17) is 0 Å². The average Bonchev–Trinajstić information content (AvgIpc) is 3.33. The zero-order chi connectivity index (χ0) is 24.6. The molecule has 1 aliphatic rings. The second-order valence-electron chi connectivity index (χ2n) is 9.79. The highest BCUT2D eigenvalue weighted by molar-refractivity contribution is 7.90. The van der Waals surface area contributed by atoms with Crippen LogP contribution in [0, 0.1) is 6.92 Å². The minimum absolute atomic E-state index is 0.321. The standard InChI is InChI=1S/C30H34N2O2S/c1-4-19-31(23(3)24-8-6-5-7-9-24)26-14-12-25-13-17-30-28(29(25)21-26)18-20-32(30)35(33,34)27-15-10-22(2)11-16-27/h5-11,13,15-18,20,23,26H,4,12,14,19,21H2,1-3H3/t23-,26+/m0/s1. The SMILES string of the molecule is CCCN([C@@H]1CCc2ccc3c(ccn3S(=O)(=O)c3ccc(C)cc3)c2C1)[C@@H](C)c1ccccc1. The van der Waals surface area contributed by atoms with Crippen LogP contribution in [0.25, 0.3) is 10.9 Å². The first-order valence-electron chi connectivity index (χ1n) is 12.6. The molecular weight excluding hydrogens is 452 g/mol. The van der Waals surface area contributed by atoms with Gasteiger partial charge in [-0.15, -0.1) is 0 Å². The predicted octanol–water partition coefficient (Wildman–Crippen LogP) is 6.52. The molecule has 0 saturated carbocycles. The smallest absolute Gasteiger partial charge is 0.268 e. The van der Waals surface area contributed by atoms with Crippen molar-refractivity contribution in [2.75, 3.05) is 6.54 Å². The van der Waals surface area contributed by atoms with Gasteiger partial charge in [-0.2, -0.15) is 0 Å². The summed E-state index contributed by atoms with van der Waals surface area (Å²) in [5, 5.41) is 1.06. The van der Waals surface area contributed by atoms with Gasteiger partial charge in [0, 0.05) is 23.7 Å². The molecule has 0 saturated heterocycles. The van der Waals surface area contributed by atoms with Gasteiger partial charge < -0.3 is 0 Å². The molecule has 1 heterocycles. The zero-order valence-corrected chi connectivity index (χ0v) is 21.6.